The molecule has 0 saturated heterocycles. The molecule has 0 saturated carbocycles. The first kappa shape index (κ1) is 16.9. The average molecular weight is 320 g/mol. The fourth-order valence-electron chi connectivity index (χ4n) is 1.66. The van der Waals surface area contributed by atoms with Crippen molar-refractivity contribution in [3.63, 3.8) is 0 Å². The SMILES string of the molecule is CCCN(CC(=O)OCC)S(=O)(=O)c1cccc(Cl)c1. The minimum absolute atomic E-state index is 0.0720. The van der Waals surface area contributed by atoms with E-state index in [2.05, 4.69) is 0 Å². The van der Waals surface area contributed by atoms with Gasteiger partial charge in [-0.15, -0.1) is 0 Å². The number of rotatable bonds is 7. The maximum atomic E-state index is 12.5. The van der Waals surface area contributed by atoms with Gasteiger partial charge in [-0.25, -0.2) is 8.42 Å². The molecule has 0 bridgehead atoms. The van der Waals surface area contributed by atoms with E-state index in [1.807, 2.05) is 6.92 Å². The van der Waals surface area contributed by atoms with Crippen molar-refractivity contribution in [2.75, 3.05) is 19.7 Å². The van der Waals surface area contributed by atoms with Gasteiger partial charge in [0, 0.05) is 11.6 Å². The zero-order valence-electron chi connectivity index (χ0n) is 11.5. The predicted octanol–water partition coefficient (Wildman–Crippen LogP) is 2.30. The third-order valence-corrected chi connectivity index (χ3v) is 4.59. The zero-order chi connectivity index (χ0) is 15.2. The average Bonchev–Trinajstić information content (AvgIpc) is 2.38. The highest BCUT2D eigenvalue weighted by atomic mass is 35.5. The Morgan fingerprint density at radius 3 is 2.60 bits per heavy atom. The molecule has 1 aromatic rings. The van der Waals surface area contributed by atoms with Gasteiger partial charge >= 0.3 is 5.97 Å². The van der Waals surface area contributed by atoms with Crippen LogP contribution in [-0.4, -0.2) is 38.4 Å². The van der Waals surface area contributed by atoms with Gasteiger partial charge in [-0.05, 0) is 31.5 Å². The molecule has 1 aromatic carbocycles. The van der Waals surface area contributed by atoms with E-state index in [1.54, 1.807) is 19.1 Å². The zero-order valence-corrected chi connectivity index (χ0v) is 13.1. The number of carbonyl (C=O) groups is 1. The number of halogens is 1. The lowest BCUT2D eigenvalue weighted by molar-refractivity contribution is -0.143. The summed E-state index contributed by atoms with van der Waals surface area (Å²) >= 11 is 5.81. The smallest absolute Gasteiger partial charge is 0.321 e. The van der Waals surface area contributed by atoms with Crippen LogP contribution in [0.1, 0.15) is 20.3 Å². The summed E-state index contributed by atoms with van der Waals surface area (Å²) in [4.78, 5) is 11.6. The quantitative estimate of drug-likeness (QED) is 0.723. The van der Waals surface area contributed by atoms with Crippen molar-refractivity contribution in [2.45, 2.75) is 25.2 Å². The molecule has 1 rings (SSSR count). The van der Waals surface area contributed by atoms with E-state index in [0.29, 0.717) is 11.4 Å². The topological polar surface area (TPSA) is 63.7 Å². The highest BCUT2D eigenvalue weighted by molar-refractivity contribution is 7.89. The maximum absolute atomic E-state index is 12.5. The van der Waals surface area contributed by atoms with Crippen molar-refractivity contribution in [1.29, 1.82) is 0 Å². The summed E-state index contributed by atoms with van der Waals surface area (Å²) in [5, 5.41) is 0.332. The summed E-state index contributed by atoms with van der Waals surface area (Å²) in [5.41, 5.74) is 0. The van der Waals surface area contributed by atoms with Crippen LogP contribution in [0.5, 0.6) is 0 Å². The van der Waals surface area contributed by atoms with Crippen LogP contribution in [0.25, 0.3) is 0 Å². The third-order valence-electron chi connectivity index (χ3n) is 2.52. The molecule has 0 N–H and O–H groups in total. The normalized spacial score (nSPS) is 11.6. The van der Waals surface area contributed by atoms with Crippen molar-refractivity contribution in [3.8, 4) is 0 Å². The summed E-state index contributed by atoms with van der Waals surface area (Å²) in [6.07, 6.45) is 0.596. The Bertz CT molecular complexity index is 559. The number of benzene rings is 1. The van der Waals surface area contributed by atoms with Gasteiger partial charge in [-0.2, -0.15) is 4.31 Å². The Labute approximate surface area is 124 Å². The van der Waals surface area contributed by atoms with Crippen molar-refractivity contribution in [1.82, 2.24) is 4.31 Å². The number of sulfonamides is 1. The van der Waals surface area contributed by atoms with Crippen molar-refractivity contribution in [3.05, 3.63) is 29.3 Å². The van der Waals surface area contributed by atoms with Gasteiger partial charge in [-0.1, -0.05) is 24.6 Å². The van der Waals surface area contributed by atoms with E-state index in [1.165, 1.54) is 12.1 Å². The lowest BCUT2D eigenvalue weighted by Crippen LogP contribution is -2.37. The van der Waals surface area contributed by atoms with Crippen LogP contribution in [0.4, 0.5) is 0 Å². The molecule has 0 unspecified atom stereocenters. The second kappa shape index (κ2) is 7.61. The molecule has 0 amide bonds. The first-order valence-corrected chi connectivity index (χ1v) is 8.15. The van der Waals surface area contributed by atoms with Crippen LogP contribution in [0.3, 0.4) is 0 Å². The van der Waals surface area contributed by atoms with Crippen molar-refractivity contribution < 1.29 is 17.9 Å². The monoisotopic (exact) mass is 319 g/mol. The lowest BCUT2D eigenvalue weighted by Gasteiger charge is -2.20. The second-order valence-corrected chi connectivity index (χ2v) is 6.48. The Balaban J connectivity index is 3.03. The molecular weight excluding hydrogens is 302 g/mol. The van der Waals surface area contributed by atoms with Crippen LogP contribution in [-0.2, 0) is 19.6 Å². The molecule has 0 fully saturated rings. The first-order valence-electron chi connectivity index (χ1n) is 6.33. The highest BCUT2D eigenvalue weighted by Gasteiger charge is 2.26. The number of nitrogens with zero attached hydrogens (tertiary/aromatic N) is 1. The molecule has 0 aliphatic heterocycles. The minimum Gasteiger partial charge on any atom is -0.465 e. The Kier molecular flexibility index (Phi) is 6.45. The van der Waals surface area contributed by atoms with E-state index in [-0.39, 0.29) is 24.6 Å². The second-order valence-electron chi connectivity index (χ2n) is 4.10. The third kappa shape index (κ3) is 4.47. The fourth-order valence-corrected chi connectivity index (χ4v) is 3.44. The summed E-state index contributed by atoms with van der Waals surface area (Å²) in [7, 11) is -3.75. The maximum Gasteiger partial charge on any atom is 0.321 e. The van der Waals surface area contributed by atoms with Gasteiger partial charge in [-0.3, -0.25) is 4.79 Å². The molecule has 20 heavy (non-hydrogen) atoms. The van der Waals surface area contributed by atoms with Gasteiger partial charge in [0.05, 0.1) is 11.5 Å². The first-order chi connectivity index (χ1) is 9.41. The minimum atomic E-state index is -3.75. The Hall–Kier alpha value is -1.11. The molecule has 0 atom stereocenters. The molecular formula is C13H18ClNO4S. The Morgan fingerprint density at radius 2 is 2.05 bits per heavy atom. The molecule has 0 aliphatic rings. The lowest BCUT2D eigenvalue weighted by atomic mass is 10.4. The summed E-state index contributed by atoms with van der Waals surface area (Å²) in [5.74, 6) is -0.563. The van der Waals surface area contributed by atoms with E-state index in [0.717, 1.165) is 4.31 Å². The number of hydrogen-bond acceptors (Lipinski definition) is 4. The Morgan fingerprint density at radius 1 is 1.35 bits per heavy atom. The number of hydrogen-bond donors (Lipinski definition) is 0. The molecule has 7 heteroatoms. The summed E-state index contributed by atoms with van der Waals surface area (Å²) < 4.78 is 30.9. The van der Waals surface area contributed by atoms with E-state index in [9.17, 15) is 13.2 Å². The van der Waals surface area contributed by atoms with Crippen LogP contribution in [0.2, 0.25) is 5.02 Å². The van der Waals surface area contributed by atoms with Crippen LogP contribution >= 0.6 is 11.6 Å². The predicted molar refractivity (Wildman–Crippen MR) is 77.1 cm³/mol. The highest BCUT2D eigenvalue weighted by Crippen LogP contribution is 2.19. The largest absolute Gasteiger partial charge is 0.465 e. The molecule has 5 nitrogen and oxygen atoms in total. The molecule has 0 spiro atoms. The molecule has 0 aliphatic carbocycles. The number of carbonyl (C=O) groups excluding carboxylic acids is 1. The molecule has 0 radical (unpaired) electrons. The van der Waals surface area contributed by atoms with Crippen molar-refractivity contribution in [2.24, 2.45) is 0 Å². The molecule has 0 heterocycles. The van der Waals surface area contributed by atoms with E-state index in [4.69, 9.17) is 16.3 Å². The van der Waals surface area contributed by atoms with E-state index >= 15 is 0 Å². The number of ether oxygens (including phenoxy) is 1. The molecule has 0 aromatic heterocycles. The summed E-state index contributed by atoms with van der Waals surface area (Å²) in [6.45, 7) is 3.68. The standard InChI is InChI=1S/C13H18ClNO4S/c1-3-8-15(10-13(16)19-4-2)20(17,18)12-7-5-6-11(14)9-12/h5-7,9H,3-4,8,10H2,1-2H3. The fraction of sp³-hybridized carbons (Fsp3) is 0.462. The van der Waals surface area contributed by atoms with Gasteiger partial charge in [0.1, 0.15) is 6.54 Å². The molecule has 112 valence electrons. The van der Waals surface area contributed by atoms with Crippen LogP contribution < -0.4 is 0 Å². The van der Waals surface area contributed by atoms with Crippen molar-refractivity contribution >= 4 is 27.6 Å². The van der Waals surface area contributed by atoms with Gasteiger partial charge in [0.15, 0.2) is 0 Å². The van der Waals surface area contributed by atoms with Crippen LogP contribution in [0, 0.1) is 0 Å². The van der Waals surface area contributed by atoms with Gasteiger partial charge in [0.25, 0.3) is 0 Å². The van der Waals surface area contributed by atoms with E-state index < -0.39 is 16.0 Å². The van der Waals surface area contributed by atoms with Gasteiger partial charge < -0.3 is 4.74 Å². The van der Waals surface area contributed by atoms with Gasteiger partial charge in [0.2, 0.25) is 10.0 Å². The summed E-state index contributed by atoms with van der Waals surface area (Å²) in [6, 6.07) is 5.97. The number of esters is 1. The van der Waals surface area contributed by atoms with Crippen LogP contribution in [0.15, 0.2) is 29.2 Å².